The third-order valence-corrected chi connectivity index (χ3v) is 6.10. The summed E-state index contributed by atoms with van der Waals surface area (Å²) in [7, 11) is -3.60. The molecule has 0 aliphatic carbocycles. The average Bonchev–Trinajstić information content (AvgIpc) is 3.02. The number of hydrogen-bond donors (Lipinski definition) is 1. The number of benzene rings is 1. The highest BCUT2D eigenvalue weighted by atomic mass is 32.2. The molecule has 1 N–H and O–H groups in total. The van der Waals surface area contributed by atoms with Gasteiger partial charge in [-0.05, 0) is 38.7 Å². The lowest BCUT2D eigenvalue weighted by Crippen LogP contribution is -2.52. The maximum Gasteiger partial charge on any atom is 0.241 e. The Kier molecular flexibility index (Phi) is 6.12. The topological polar surface area (TPSA) is 83.6 Å². The lowest BCUT2D eigenvalue weighted by molar-refractivity contribution is -0.136. The summed E-state index contributed by atoms with van der Waals surface area (Å²) < 4.78 is 27.0. The summed E-state index contributed by atoms with van der Waals surface area (Å²) in [5.74, 6) is -0.335. The second-order valence-corrected chi connectivity index (χ2v) is 8.60. The molecule has 132 valence electrons. The van der Waals surface area contributed by atoms with Crippen LogP contribution in [0.1, 0.15) is 32.3 Å². The van der Waals surface area contributed by atoms with E-state index in [0.717, 1.165) is 18.3 Å². The van der Waals surface area contributed by atoms with Crippen LogP contribution in [0.15, 0.2) is 30.3 Å². The van der Waals surface area contributed by atoms with Gasteiger partial charge in [0.25, 0.3) is 0 Å². The Morgan fingerprint density at radius 1 is 1.33 bits per heavy atom. The lowest BCUT2D eigenvalue weighted by atomic mass is 10.1. The Morgan fingerprint density at radius 2 is 2.00 bits per heavy atom. The smallest absolute Gasteiger partial charge is 0.241 e. The van der Waals surface area contributed by atoms with Gasteiger partial charge in [0.05, 0.1) is 11.3 Å². The maximum atomic E-state index is 12.9. The van der Waals surface area contributed by atoms with E-state index < -0.39 is 27.4 Å². The van der Waals surface area contributed by atoms with Gasteiger partial charge in [-0.15, -0.1) is 0 Å². The number of hydrogen-bond acceptors (Lipinski definition) is 4. The molecule has 0 aromatic heterocycles. The Hall–Kier alpha value is -1.73. The summed E-state index contributed by atoms with van der Waals surface area (Å²) in [6.07, 6.45) is 2.41. The third kappa shape index (κ3) is 4.42. The van der Waals surface area contributed by atoms with Gasteiger partial charge in [0.1, 0.15) is 12.3 Å². The van der Waals surface area contributed by atoms with Crippen molar-refractivity contribution >= 4 is 22.2 Å². The van der Waals surface area contributed by atoms with Crippen molar-refractivity contribution < 1.29 is 18.0 Å². The number of sulfonamides is 1. The second-order valence-electron chi connectivity index (χ2n) is 6.33. The molecule has 0 spiro atoms. The zero-order chi connectivity index (χ0) is 17.7. The zero-order valence-electron chi connectivity index (χ0n) is 14.0. The summed E-state index contributed by atoms with van der Waals surface area (Å²) in [5.41, 5.74) is 0.865. The van der Waals surface area contributed by atoms with Gasteiger partial charge in [-0.1, -0.05) is 30.3 Å². The Balaban J connectivity index is 2.24. The number of carbonyl (C=O) groups is 2. The number of rotatable bonds is 7. The van der Waals surface area contributed by atoms with Crippen LogP contribution < -0.4 is 4.72 Å². The molecule has 6 nitrogen and oxygen atoms in total. The van der Waals surface area contributed by atoms with E-state index in [4.69, 9.17) is 0 Å². The Morgan fingerprint density at radius 3 is 2.58 bits per heavy atom. The number of nitrogens with one attached hydrogen (secondary N) is 1. The highest BCUT2D eigenvalue weighted by Crippen LogP contribution is 2.18. The largest absolute Gasteiger partial charge is 0.332 e. The van der Waals surface area contributed by atoms with Crippen molar-refractivity contribution in [3.8, 4) is 0 Å². The quantitative estimate of drug-likeness (QED) is 0.745. The van der Waals surface area contributed by atoms with Crippen molar-refractivity contribution in [2.45, 2.75) is 50.4 Å². The summed E-state index contributed by atoms with van der Waals surface area (Å²) in [6.45, 7) is 3.61. The Labute approximate surface area is 143 Å². The number of likely N-dealkylation sites (tertiary alicyclic amines) is 1. The van der Waals surface area contributed by atoms with Crippen molar-refractivity contribution in [2.75, 3.05) is 6.54 Å². The SMILES string of the molecule is CC(C)S(=O)(=O)N[C@H](Cc1ccccc1)C(=O)N1CCC[C@H]1C=O. The van der Waals surface area contributed by atoms with Gasteiger partial charge < -0.3 is 9.69 Å². The van der Waals surface area contributed by atoms with Crippen LogP contribution in [-0.4, -0.2) is 49.4 Å². The van der Waals surface area contributed by atoms with Gasteiger partial charge >= 0.3 is 0 Å². The number of aldehydes is 1. The summed E-state index contributed by atoms with van der Waals surface area (Å²) >= 11 is 0. The van der Waals surface area contributed by atoms with E-state index in [1.807, 2.05) is 30.3 Å². The lowest BCUT2D eigenvalue weighted by Gasteiger charge is -2.27. The molecular weight excluding hydrogens is 328 g/mol. The van der Waals surface area contributed by atoms with Crippen molar-refractivity contribution in [3.05, 3.63) is 35.9 Å². The highest BCUT2D eigenvalue weighted by Gasteiger charge is 2.35. The van der Waals surface area contributed by atoms with Gasteiger partial charge in [-0.2, -0.15) is 0 Å². The highest BCUT2D eigenvalue weighted by molar-refractivity contribution is 7.90. The normalized spacial score (nSPS) is 19.5. The van der Waals surface area contributed by atoms with Crippen molar-refractivity contribution in [2.24, 2.45) is 0 Å². The fourth-order valence-corrected chi connectivity index (χ4v) is 3.62. The summed E-state index contributed by atoms with van der Waals surface area (Å²) in [4.78, 5) is 25.5. The molecule has 1 aromatic carbocycles. The third-order valence-electron chi connectivity index (χ3n) is 4.25. The van der Waals surface area contributed by atoms with Crippen LogP contribution in [0.2, 0.25) is 0 Å². The molecule has 0 saturated carbocycles. The first-order chi connectivity index (χ1) is 11.3. The number of nitrogens with zero attached hydrogens (tertiary/aromatic N) is 1. The molecule has 7 heteroatoms. The van der Waals surface area contributed by atoms with Crippen LogP contribution in [0, 0.1) is 0 Å². The van der Waals surface area contributed by atoms with E-state index in [2.05, 4.69) is 4.72 Å². The van der Waals surface area contributed by atoms with Gasteiger partial charge in [-0.3, -0.25) is 4.79 Å². The molecule has 0 bridgehead atoms. The maximum absolute atomic E-state index is 12.9. The molecule has 2 atom stereocenters. The molecule has 1 aliphatic heterocycles. The molecule has 1 heterocycles. The molecule has 1 saturated heterocycles. The van der Waals surface area contributed by atoms with E-state index in [9.17, 15) is 18.0 Å². The molecule has 24 heavy (non-hydrogen) atoms. The van der Waals surface area contributed by atoms with E-state index in [-0.39, 0.29) is 12.3 Å². The van der Waals surface area contributed by atoms with Gasteiger partial charge in [0.2, 0.25) is 15.9 Å². The van der Waals surface area contributed by atoms with Crippen LogP contribution in [0.5, 0.6) is 0 Å². The minimum absolute atomic E-state index is 0.258. The fourth-order valence-electron chi connectivity index (χ4n) is 2.77. The first-order valence-electron chi connectivity index (χ1n) is 8.16. The molecule has 1 aromatic rings. The average molecular weight is 352 g/mol. The van der Waals surface area contributed by atoms with Gasteiger partial charge in [0, 0.05) is 6.54 Å². The second kappa shape index (κ2) is 7.90. The first kappa shape index (κ1) is 18.6. The van der Waals surface area contributed by atoms with Crippen LogP contribution in [0.25, 0.3) is 0 Å². The van der Waals surface area contributed by atoms with Gasteiger partial charge in [0.15, 0.2) is 0 Å². The van der Waals surface area contributed by atoms with E-state index in [1.165, 1.54) is 4.90 Å². The number of carbonyl (C=O) groups excluding carboxylic acids is 2. The first-order valence-corrected chi connectivity index (χ1v) is 9.70. The molecule has 1 aliphatic rings. The predicted octanol–water partition coefficient (Wildman–Crippen LogP) is 1.12. The standard InChI is InChI=1S/C17H24N2O4S/c1-13(2)24(22,23)18-16(11-14-7-4-3-5-8-14)17(21)19-10-6-9-15(19)12-20/h3-5,7-8,12-13,15-16,18H,6,9-11H2,1-2H3/t15-,16+/m0/s1. The molecule has 1 amide bonds. The van der Waals surface area contributed by atoms with Crippen molar-refractivity contribution in [1.82, 2.24) is 9.62 Å². The van der Waals surface area contributed by atoms with E-state index in [1.54, 1.807) is 13.8 Å². The number of amides is 1. The van der Waals surface area contributed by atoms with Crippen LogP contribution in [0.3, 0.4) is 0 Å². The van der Waals surface area contributed by atoms with Crippen LogP contribution in [-0.2, 0) is 26.0 Å². The van der Waals surface area contributed by atoms with Crippen molar-refractivity contribution in [1.29, 1.82) is 0 Å². The minimum Gasteiger partial charge on any atom is -0.332 e. The summed E-state index contributed by atoms with van der Waals surface area (Å²) in [6, 6.07) is 7.90. The van der Waals surface area contributed by atoms with Gasteiger partial charge in [-0.25, -0.2) is 13.1 Å². The molecule has 0 radical (unpaired) electrons. The molecule has 0 unspecified atom stereocenters. The van der Waals surface area contributed by atoms with Crippen LogP contribution >= 0.6 is 0 Å². The van der Waals surface area contributed by atoms with E-state index in [0.29, 0.717) is 13.0 Å². The summed E-state index contributed by atoms with van der Waals surface area (Å²) in [5, 5.41) is -0.635. The minimum atomic E-state index is -3.60. The van der Waals surface area contributed by atoms with Crippen molar-refractivity contribution in [3.63, 3.8) is 0 Å². The Bertz CT molecular complexity index is 673. The molecule has 2 rings (SSSR count). The van der Waals surface area contributed by atoms with E-state index >= 15 is 0 Å². The molecule has 1 fully saturated rings. The fraction of sp³-hybridized carbons (Fsp3) is 0.529. The zero-order valence-corrected chi connectivity index (χ0v) is 14.8. The molecular formula is C17H24N2O4S. The predicted molar refractivity (Wildman–Crippen MR) is 91.9 cm³/mol. The van der Waals surface area contributed by atoms with Crippen LogP contribution in [0.4, 0.5) is 0 Å². The monoisotopic (exact) mass is 352 g/mol.